The molecule has 0 aliphatic rings. The highest BCUT2D eigenvalue weighted by atomic mass is 32.1. The molecule has 2 aromatic rings. The molecule has 116 valence electrons. The van der Waals surface area contributed by atoms with Gasteiger partial charge in [-0.1, -0.05) is 0 Å². The average Bonchev–Trinajstić information content (AvgIpc) is 2.50. The standard InChI is InChI=1S/C15H19N5OS/c1-10-9-16-11(2)14(17-10)20(3)19-15(22)18-12-5-7-13(21-4)8-6-12/h5-9H,1-4H3,(H2,18,19,22). The van der Waals surface area contributed by atoms with E-state index in [1.165, 1.54) is 0 Å². The second kappa shape index (κ2) is 7.04. The van der Waals surface area contributed by atoms with E-state index in [1.54, 1.807) is 18.3 Å². The molecule has 1 heterocycles. The normalized spacial score (nSPS) is 10.0. The minimum absolute atomic E-state index is 0.468. The first-order valence-corrected chi connectivity index (χ1v) is 7.16. The molecule has 0 aliphatic heterocycles. The molecule has 0 amide bonds. The zero-order chi connectivity index (χ0) is 16.1. The zero-order valence-electron chi connectivity index (χ0n) is 13.0. The number of methoxy groups -OCH3 is 1. The number of benzene rings is 1. The lowest BCUT2D eigenvalue weighted by atomic mass is 10.3. The highest BCUT2D eigenvalue weighted by Gasteiger charge is 2.09. The van der Waals surface area contributed by atoms with Crippen molar-refractivity contribution in [2.45, 2.75) is 13.8 Å². The van der Waals surface area contributed by atoms with Gasteiger partial charge in [0, 0.05) is 18.9 Å². The molecule has 0 bridgehead atoms. The number of hydrazine groups is 1. The molecule has 0 saturated carbocycles. The monoisotopic (exact) mass is 317 g/mol. The third-order valence-corrected chi connectivity index (χ3v) is 3.18. The number of aromatic nitrogens is 2. The van der Waals surface area contributed by atoms with E-state index in [9.17, 15) is 0 Å². The molecule has 0 unspecified atom stereocenters. The number of aryl methyl sites for hydroxylation is 2. The highest BCUT2D eigenvalue weighted by molar-refractivity contribution is 7.80. The zero-order valence-corrected chi connectivity index (χ0v) is 13.9. The third-order valence-electron chi connectivity index (χ3n) is 2.99. The van der Waals surface area contributed by atoms with Crippen LogP contribution in [0.1, 0.15) is 11.4 Å². The number of hydrogen-bond donors (Lipinski definition) is 2. The summed E-state index contributed by atoms with van der Waals surface area (Å²) in [6.07, 6.45) is 1.74. The molecule has 6 nitrogen and oxygen atoms in total. The fourth-order valence-electron chi connectivity index (χ4n) is 1.88. The van der Waals surface area contributed by atoms with E-state index in [-0.39, 0.29) is 0 Å². The Hall–Kier alpha value is -2.41. The van der Waals surface area contributed by atoms with Gasteiger partial charge in [-0.15, -0.1) is 0 Å². The van der Waals surface area contributed by atoms with Crippen molar-refractivity contribution < 1.29 is 4.74 Å². The van der Waals surface area contributed by atoms with Crippen LogP contribution in [0.3, 0.4) is 0 Å². The van der Waals surface area contributed by atoms with E-state index in [0.717, 1.165) is 28.6 Å². The second-order valence-electron chi connectivity index (χ2n) is 4.77. The molecule has 0 saturated heterocycles. The summed E-state index contributed by atoms with van der Waals surface area (Å²) in [7, 11) is 3.48. The second-order valence-corrected chi connectivity index (χ2v) is 5.18. The Morgan fingerprint density at radius 1 is 1.23 bits per heavy atom. The van der Waals surface area contributed by atoms with Crippen molar-refractivity contribution >= 4 is 28.8 Å². The first kappa shape index (κ1) is 16.0. The molecule has 0 aliphatic carbocycles. The molecular formula is C15H19N5OS. The van der Waals surface area contributed by atoms with Crippen LogP contribution >= 0.6 is 12.2 Å². The van der Waals surface area contributed by atoms with Crippen LogP contribution in [0.15, 0.2) is 30.5 Å². The predicted molar refractivity (Wildman–Crippen MR) is 92.3 cm³/mol. The van der Waals surface area contributed by atoms with Crippen LogP contribution in [-0.4, -0.2) is 29.2 Å². The lowest BCUT2D eigenvalue weighted by molar-refractivity contribution is 0.415. The van der Waals surface area contributed by atoms with Gasteiger partial charge in [0.2, 0.25) is 0 Å². The van der Waals surface area contributed by atoms with Gasteiger partial charge < -0.3 is 10.1 Å². The van der Waals surface area contributed by atoms with Gasteiger partial charge in [0.15, 0.2) is 10.9 Å². The van der Waals surface area contributed by atoms with Crippen molar-refractivity contribution in [1.82, 2.24) is 15.4 Å². The van der Waals surface area contributed by atoms with E-state index >= 15 is 0 Å². The maximum absolute atomic E-state index is 5.31. The number of ether oxygens (including phenoxy) is 1. The van der Waals surface area contributed by atoms with Gasteiger partial charge in [-0.2, -0.15) is 0 Å². The minimum atomic E-state index is 0.468. The minimum Gasteiger partial charge on any atom is -0.497 e. The fraction of sp³-hybridized carbons (Fsp3) is 0.267. The predicted octanol–water partition coefficient (Wildman–Crippen LogP) is 2.44. The largest absolute Gasteiger partial charge is 0.497 e. The van der Waals surface area contributed by atoms with E-state index < -0.39 is 0 Å². The summed E-state index contributed by atoms with van der Waals surface area (Å²) in [6.45, 7) is 3.80. The van der Waals surface area contributed by atoms with Crippen molar-refractivity contribution in [3.63, 3.8) is 0 Å². The van der Waals surface area contributed by atoms with Crippen LogP contribution in [0, 0.1) is 13.8 Å². The van der Waals surface area contributed by atoms with Crippen LogP contribution < -0.4 is 20.5 Å². The van der Waals surface area contributed by atoms with Gasteiger partial charge in [-0.3, -0.25) is 15.4 Å². The highest BCUT2D eigenvalue weighted by Crippen LogP contribution is 2.15. The summed E-state index contributed by atoms with van der Waals surface area (Å²) in [6, 6.07) is 7.52. The topological polar surface area (TPSA) is 62.3 Å². The molecule has 1 aromatic carbocycles. The van der Waals surface area contributed by atoms with Crippen molar-refractivity contribution in [3.05, 3.63) is 41.9 Å². The number of thiocarbonyl (C=S) groups is 1. The van der Waals surface area contributed by atoms with Crippen LogP contribution in [0.4, 0.5) is 11.5 Å². The lowest BCUT2D eigenvalue weighted by Crippen LogP contribution is -2.42. The first-order chi connectivity index (χ1) is 10.5. The van der Waals surface area contributed by atoms with Gasteiger partial charge >= 0.3 is 0 Å². The maximum atomic E-state index is 5.31. The molecule has 0 radical (unpaired) electrons. The van der Waals surface area contributed by atoms with Gasteiger partial charge in [0.25, 0.3) is 0 Å². The van der Waals surface area contributed by atoms with Crippen molar-refractivity contribution in [2.75, 3.05) is 24.5 Å². The number of nitrogens with zero attached hydrogens (tertiary/aromatic N) is 3. The van der Waals surface area contributed by atoms with Gasteiger partial charge in [0.1, 0.15) is 5.75 Å². The molecule has 2 rings (SSSR count). The van der Waals surface area contributed by atoms with Crippen molar-refractivity contribution in [1.29, 1.82) is 0 Å². The van der Waals surface area contributed by atoms with E-state index in [4.69, 9.17) is 17.0 Å². The smallest absolute Gasteiger partial charge is 0.189 e. The number of rotatable bonds is 4. The van der Waals surface area contributed by atoms with Crippen LogP contribution in [0.25, 0.3) is 0 Å². The molecule has 1 aromatic heterocycles. The summed E-state index contributed by atoms with van der Waals surface area (Å²) in [5.41, 5.74) is 5.61. The van der Waals surface area contributed by atoms with E-state index in [1.807, 2.05) is 45.2 Å². The Morgan fingerprint density at radius 2 is 1.91 bits per heavy atom. The summed E-state index contributed by atoms with van der Waals surface area (Å²) in [4.78, 5) is 8.74. The summed E-state index contributed by atoms with van der Waals surface area (Å²) in [5.74, 6) is 1.53. The molecule has 22 heavy (non-hydrogen) atoms. The van der Waals surface area contributed by atoms with E-state index in [2.05, 4.69) is 20.7 Å². The lowest BCUT2D eigenvalue weighted by Gasteiger charge is -2.22. The van der Waals surface area contributed by atoms with E-state index in [0.29, 0.717) is 5.11 Å². The van der Waals surface area contributed by atoms with Crippen LogP contribution in [0.2, 0.25) is 0 Å². The first-order valence-electron chi connectivity index (χ1n) is 6.75. The molecule has 7 heteroatoms. The molecular weight excluding hydrogens is 298 g/mol. The maximum Gasteiger partial charge on any atom is 0.189 e. The molecule has 0 fully saturated rings. The van der Waals surface area contributed by atoms with Gasteiger partial charge in [-0.25, -0.2) is 4.98 Å². The Morgan fingerprint density at radius 3 is 2.55 bits per heavy atom. The van der Waals surface area contributed by atoms with Crippen LogP contribution in [-0.2, 0) is 0 Å². The molecule has 0 atom stereocenters. The Kier molecular flexibility index (Phi) is 5.11. The number of nitrogens with one attached hydrogen (secondary N) is 2. The summed E-state index contributed by atoms with van der Waals surface area (Å²) in [5, 5.41) is 5.32. The van der Waals surface area contributed by atoms with Crippen molar-refractivity contribution in [2.24, 2.45) is 0 Å². The third kappa shape index (κ3) is 4.05. The molecule has 2 N–H and O–H groups in total. The fourth-order valence-corrected chi connectivity index (χ4v) is 2.14. The Balaban J connectivity index is 2.00. The Bertz CT molecular complexity index is 659. The number of anilines is 2. The van der Waals surface area contributed by atoms with Gasteiger partial charge in [-0.05, 0) is 50.3 Å². The Labute approximate surface area is 135 Å². The average molecular weight is 317 g/mol. The van der Waals surface area contributed by atoms with Crippen LogP contribution in [0.5, 0.6) is 5.75 Å². The SMILES string of the molecule is COc1ccc(NC(=S)NN(C)c2nc(C)cnc2C)cc1. The van der Waals surface area contributed by atoms with Crippen molar-refractivity contribution in [3.8, 4) is 5.75 Å². The quantitative estimate of drug-likeness (QED) is 0.663. The number of hydrogen-bond acceptors (Lipinski definition) is 5. The molecule has 0 spiro atoms. The summed E-state index contributed by atoms with van der Waals surface area (Å²) < 4.78 is 5.12. The summed E-state index contributed by atoms with van der Waals surface area (Å²) >= 11 is 5.31. The van der Waals surface area contributed by atoms with Gasteiger partial charge in [0.05, 0.1) is 18.5 Å².